The van der Waals surface area contributed by atoms with Crippen molar-refractivity contribution in [2.24, 2.45) is 0 Å². The van der Waals surface area contributed by atoms with Crippen LogP contribution in [0.4, 0.5) is 5.69 Å². The summed E-state index contributed by atoms with van der Waals surface area (Å²) < 4.78 is 27.0. The Kier molecular flexibility index (Phi) is 6.41. The summed E-state index contributed by atoms with van der Waals surface area (Å²) in [6.45, 7) is 1.90. The van der Waals surface area contributed by atoms with Gasteiger partial charge >= 0.3 is 0 Å². The molecular weight excluding hydrogens is 509 g/mol. The number of sulfonamides is 1. The van der Waals surface area contributed by atoms with E-state index in [1.165, 1.54) is 0 Å². The lowest BCUT2D eigenvalue weighted by Crippen LogP contribution is -2.17. The van der Waals surface area contributed by atoms with E-state index in [0.717, 1.165) is 11.8 Å². The Morgan fingerprint density at radius 3 is 2.42 bits per heavy atom. The topological polar surface area (TPSA) is 110 Å². The monoisotopic (exact) mass is 525 g/mol. The molecule has 0 fully saturated rings. The molecule has 0 bridgehead atoms. The quantitative estimate of drug-likeness (QED) is 0.383. The molecule has 4 rings (SSSR count). The molecule has 172 valence electrons. The normalized spacial score (nSPS) is 11.8. The fraction of sp³-hybridized carbons (Fsp3) is 0.190. The fourth-order valence-electron chi connectivity index (χ4n) is 3.53. The number of hydrogen-bond acceptors (Lipinski definition) is 5. The number of halogens is 3. The number of fused-ring (bicyclic) bond motifs is 1. The van der Waals surface area contributed by atoms with E-state index in [9.17, 15) is 13.2 Å². The minimum absolute atomic E-state index is 0.208. The first-order valence-corrected chi connectivity index (χ1v) is 12.8. The zero-order valence-corrected chi connectivity index (χ0v) is 20.6. The summed E-state index contributed by atoms with van der Waals surface area (Å²) in [5.74, 6) is 0.596. The number of nitrogens with one attached hydrogen (secondary N) is 2. The summed E-state index contributed by atoms with van der Waals surface area (Å²) >= 11 is 18.9. The van der Waals surface area contributed by atoms with Crippen LogP contribution in [0.25, 0.3) is 17.1 Å². The van der Waals surface area contributed by atoms with Crippen molar-refractivity contribution in [1.29, 1.82) is 0 Å². The number of hydrogen-bond donors (Lipinski definition) is 2. The highest BCUT2D eigenvalue weighted by molar-refractivity contribution is 7.92. The van der Waals surface area contributed by atoms with Gasteiger partial charge in [-0.1, -0.05) is 53.9 Å². The maximum absolute atomic E-state index is 12.9. The van der Waals surface area contributed by atoms with E-state index >= 15 is 0 Å². The smallest absolute Gasteiger partial charge is 0.284 e. The molecule has 2 aliphatic rings. The van der Waals surface area contributed by atoms with Crippen LogP contribution in [0.2, 0.25) is 15.1 Å². The second-order valence-electron chi connectivity index (χ2n) is 7.39. The first-order valence-electron chi connectivity index (χ1n) is 9.78. The summed E-state index contributed by atoms with van der Waals surface area (Å²) in [5.41, 5.74) is 2.09. The number of aromatic nitrogens is 4. The summed E-state index contributed by atoms with van der Waals surface area (Å²) in [6, 6.07) is 9.89. The van der Waals surface area contributed by atoms with E-state index in [0.29, 0.717) is 39.9 Å². The van der Waals surface area contributed by atoms with Crippen molar-refractivity contribution in [2.45, 2.75) is 19.8 Å². The number of H-pyrrole nitrogens is 1. The standard InChI is InChI=1S/C21H18Cl3N5O3S/c1-3-16-18-20(29(27-16)19-14(23)9-12(22)10-15(19)24)25-17(26-21(18)30)8-11-5-4-6-13(7-11)28-33(2,31)32/h4-7,9-10,27-28H,3,8H2,1-2H3. The SMILES string of the molecule is CCc1[nH]n(-c2c(Cl)cc(Cl)cc2Cl)c2nc(Cc3cccc(NS(C)(=O)=O)c3)nc(=O)c1-2. The molecule has 2 N–H and O–H groups in total. The van der Waals surface area contributed by atoms with Crippen molar-refractivity contribution in [2.75, 3.05) is 11.0 Å². The van der Waals surface area contributed by atoms with Crippen molar-refractivity contribution >= 4 is 50.5 Å². The van der Waals surface area contributed by atoms with Crippen molar-refractivity contribution < 1.29 is 8.42 Å². The number of anilines is 1. The van der Waals surface area contributed by atoms with Crippen LogP contribution in [-0.4, -0.2) is 34.4 Å². The molecule has 2 aromatic carbocycles. The molecule has 0 amide bonds. The third kappa shape index (κ3) is 5.01. The Balaban J connectivity index is 1.83. The van der Waals surface area contributed by atoms with Gasteiger partial charge in [0.1, 0.15) is 17.1 Å². The maximum atomic E-state index is 12.9. The summed E-state index contributed by atoms with van der Waals surface area (Å²) in [7, 11) is -3.42. The molecule has 12 heteroatoms. The Labute approximate surface area is 204 Å². The summed E-state index contributed by atoms with van der Waals surface area (Å²) in [5, 5.41) is 4.10. The van der Waals surface area contributed by atoms with Crippen molar-refractivity contribution in [3.05, 3.63) is 78.9 Å². The molecule has 2 aromatic rings. The van der Waals surface area contributed by atoms with Gasteiger partial charge in [-0.05, 0) is 36.2 Å². The number of rotatable bonds is 6. The Hall–Kier alpha value is -2.59. The van der Waals surface area contributed by atoms with Gasteiger partial charge in [-0.15, -0.1) is 0 Å². The molecule has 0 aromatic heterocycles. The highest BCUT2D eigenvalue weighted by atomic mass is 35.5. The van der Waals surface area contributed by atoms with Crippen LogP contribution in [0.3, 0.4) is 0 Å². The van der Waals surface area contributed by atoms with E-state index in [1.807, 2.05) is 6.92 Å². The number of nitrogens with zero attached hydrogens (tertiary/aromatic N) is 3. The summed E-state index contributed by atoms with van der Waals surface area (Å²) in [6.07, 6.45) is 1.81. The second kappa shape index (κ2) is 8.98. The van der Waals surface area contributed by atoms with Gasteiger partial charge < -0.3 is 0 Å². The molecule has 0 saturated carbocycles. The molecule has 0 unspecified atom stereocenters. The van der Waals surface area contributed by atoms with Crippen LogP contribution in [0.5, 0.6) is 0 Å². The van der Waals surface area contributed by atoms with Crippen molar-refractivity contribution in [3.63, 3.8) is 0 Å². The van der Waals surface area contributed by atoms with Crippen molar-refractivity contribution in [1.82, 2.24) is 19.7 Å². The molecule has 0 saturated heterocycles. The second-order valence-corrected chi connectivity index (χ2v) is 10.4. The van der Waals surface area contributed by atoms with Gasteiger partial charge in [0.15, 0.2) is 5.82 Å². The van der Waals surface area contributed by atoms with E-state index in [2.05, 4.69) is 19.8 Å². The lowest BCUT2D eigenvalue weighted by molar-refractivity contribution is 0.607. The van der Waals surface area contributed by atoms with Gasteiger partial charge in [0, 0.05) is 22.8 Å². The largest absolute Gasteiger partial charge is 0.295 e. The van der Waals surface area contributed by atoms with E-state index in [4.69, 9.17) is 34.8 Å². The predicted molar refractivity (Wildman–Crippen MR) is 131 cm³/mol. The zero-order valence-electron chi connectivity index (χ0n) is 17.5. The number of aryl methyl sites for hydroxylation is 1. The summed E-state index contributed by atoms with van der Waals surface area (Å²) in [4.78, 5) is 21.7. The zero-order chi connectivity index (χ0) is 23.9. The van der Waals surface area contributed by atoms with Gasteiger partial charge in [-0.2, -0.15) is 4.98 Å². The third-order valence-corrected chi connectivity index (χ3v) is 6.22. The Morgan fingerprint density at radius 1 is 1.09 bits per heavy atom. The number of aromatic amines is 1. The molecule has 2 heterocycles. The first kappa shape index (κ1) is 23.6. The average molecular weight is 527 g/mol. The number of benzene rings is 2. The van der Waals surface area contributed by atoms with Crippen LogP contribution >= 0.6 is 34.8 Å². The third-order valence-electron chi connectivity index (χ3n) is 4.81. The van der Waals surface area contributed by atoms with Crippen LogP contribution in [0, 0.1) is 0 Å². The minimum atomic E-state index is -3.42. The lowest BCUT2D eigenvalue weighted by Gasteiger charge is -2.12. The fourth-order valence-corrected chi connectivity index (χ4v) is 5.07. The minimum Gasteiger partial charge on any atom is -0.295 e. The molecule has 33 heavy (non-hydrogen) atoms. The van der Waals surface area contributed by atoms with Gasteiger partial charge in [0.05, 0.1) is 16.3 Å². The van der Waals surface area contributed by atoms with E-state index in [1.54, 1.807) is 41.1 Å². The highest BCUT2D eigenvalue weighted by Gasteiger charge is 2.25. The van der Waals surface area contributed by atoms with Crippen LogP contribution in [0.15, 0.2) is 41.2 Å². The Morgan fingerprint density at radius 2 is 1.79 bits per heavy atom. The maximum Gasteiger partial charge on any atom is 0.284 e. The lowest BCUT2D eigenvalue weighted by atomic mass is 10.1. The molecule has 0 radical (unpaired) electrons. The molecule has 8 nitrogen and oxygen atoms in total. The molecule has 2 aliphatic heterocycles. The van der Waals surface area contributed by atoms with Crippen LogP contribution < -0.4 is 10.3 Å². The molecule has 0 spiro atoms. The highest BCUT2D eigenvalue weighted by Crippen LogP contribution is 2.35. The van der Waals surface area contributed by atoms with Gasteiger partial charge in [0.25, 0.3) is 5.56 Å². The first-order chi connectivity index (χ1) is 15.6. The average Bonchev–Trinajstić information content (AvgIpc) is 3.05. The Bertz CT molecular complexity index is 1470. The van der Waals surface area contributed by atoms with E-state index < -0.39 is 15.6 Å². The van der Waals surface area contributed by atoms with E-state index in [-0.39, 0.29) is 22.3 Å². The molecule has 0 atom stereocenters. The van der Waals surface area contributed by atoms with Gasteiger partial charge in [-0.3, -0.25) is 14.6 Å². The predicted octanol–water partition coefficient (Wildman–Crippen LogP) is 4.55. The van der Waals surface area contributed by atoms with Gasteiger partial charge in [0.2, 0.25) is 10.0 Å². The van der Waals surface area contributed by atoms with Crippen LogP contribution in [-0.2, 0) is 22.9 Å². The van der Waals surface area contributed by atoms with Crippen molar-refractivity contribution in [3.8, 4) is 17.1 Å². The van der Waals surface area contributed by atoms with Gasteiger partial charge in [-0.25, -0.2) is 18.1 Å². The molecular formula is C21H18Cl3N5O3S. The molecule has 0 aliphatic carbocycles. The van der Waals surface area contributed by atoms with Crippen LogP contribution in [0.1, 0.15) is 24.0 Å².